The van der Waals surface area contributed by atoms with Crippen molar-refractivity contribution in [1.29, 1.82) is 5.26 Å². The van der Waals surface area contributed by atoms with Gasteiger partial charge in [-0.1, -0.05) is 13.8 Å². The van der Waals surface area contributed by atoms with Gasteiger partial charge in [-0.3, -0.25) is 9.48 Å². The van der Waals surface area contributed by atoms with Gasteiger partial charge in [0.15, 0.2) is 0 Å². The zero-order chi connectivity index (χ0) is 13.1. The van der Waals surface area contributed by atoms with Gasteiger partial charge >= 0.3 is 0 Å². The Kier molecular flexibility index (Phi) is 4.51. The maximum atomic E-state index is 11.8. The summed E-state index contributed by atoms with van der Waals surface area (Å²) in [4.78, 5) is 11.8. The number of hydrogen-bond donors (Lipinski definition) is 1. The van der Waals surface area contributed by atoms with Gasteiger partial charge in [-0.25, -0.2) is 0 Å². The molecule has 5 nitrogen and oxygen atoms in total. The Morgan fingerprint density at radius 2 is 2.41 bits per heavy atom. The van der Waals surface area contributed by atoms with Crippen LogP contribution < -0.4 is 5.32 Å². The first-order valence-electron chi connectivity index (χ1n) is 5.27. The van der Waals surface area contributed by atoms with E-state index in [2.05, 4.69) is 39.1 Å². The zero-order valence-electron chi connectivity index (χ0n) is 10.1. The second-order valence-electron chi connectivity index (χ2n) is 4.37. The van der Waals surface area contributed by atoms with Crippen molar-refractivity contribution in [3.8, 4) is 6.07 Å². The second kappa shape index (κ2) is 5.49. The van der Waals surface area contributed by atoms with Crippen LogP contribution in [0.2, 0.25) is 0 Å². The van der Waals surface area contributed by atoms with E-state index in [9.17, 15) is 4.79 Å². The number of halogens is 1. The van der Waals surface area contributed by atoms with E-state index in [4.69, 9.17) is 5.26 Å². The Balaban J connectivity index is 2.64. The number of aromatic nitrogens is 2. The Bertz CT molecular complexity index is 449. The van der Waals surface area contributed by atoms with Crippen LogP contribution in [0.15, 0.2) is 12.4 Å². The van der Waals surface area contributed by atoms with Gasteiger partial charge in [0.2, 0.25) is 5.91 Å². The molecule has 0 unspecified atom stereocenters. The van der Waals surface area contributed by atoms with E-state index in [1.54, 1.807) is 24.0 Å². The molecule has 0 aliphatic carbocycles. The predicted octanol–water partition coefficient (Wildman–Crippen LogP) is 1.54. The molecule has 17 heavy (non-hydrogen) atoms. The summed E-state index contributed by atoms with van der Waals surface area (Å²) in [5.74, 6) is -0.156. The lowest BCUT2D eigenvalue weighted by molar-refractivity contribution is -0.123. The molecule has 0 spiro atoms. The van der Waals surface area contributed by atoms with Crippen molar-refractivity contribution in [1.82, 2.24) is 15.1 Å². The standard InChI is InChI=1S/C11H15IN4O/c1-8(2)11(3,7-13)15-10(17)6-16-5-9(12)4-14-16/h4-5,8H,6H2,1-3H3,(H,15,17)/t11-/m1/s1. The molecule has 6 heteroatoms. The van der Waals surface area contributed by atoms with E-state index in [0.717, 1.165) is 3.57 Å². The molecule has 1 amide bonds. The van der Waals surface area contributed by atoms with Crippen molar-refractivity contribution >= 4 is 28.5 Å². The molecule has 0 aliphatic heterocycles. The molecule has 0 aromatic carbocycles. The molecule has 0 fully saturated rings. The van der Waals surface area contributed by atoms with Crippen LogP contribution >= 0.6 is 22.6 Å². The maximum Gasteiger partial charge on any atom is 0.242 e. The highest BCUT2D eigenvalue weighted by Gasteiger charge is 2.29. The molecule has 1 heterocycles. The largest absolute Gasteiger partial charge is 0.336 e. The number of nitrogens with one attached hydrogen (secondary N) is 1. The van der Waals surface area contributed by atoms with Crippen LogP contribution in [0.1, 0.15) is 20.8 Å². The van der Waals surface area contributed by atoms with E-state index in [0.29, 0.717) is 0 Å². The fourth-order valence-electron chi connectivity index (χ4n) is 1.20. The first kappa shape index (κ1) is 14.0. The number of carbonyl (C=O) groups is 1. The van der Waals surface area contributed by atoms with E-state index in [1.807, 2.05) is 13.8 Å². The Morgan fingerprint density at radius 1 is 1.76 bits per heavy atom. The topological polar surface area (TPSA) is 70.7 Å². The molecule has 1 aromatic rings. The van der Waals surface area contributed by atoms with Gasteiger partial charge in [0.25, 0.3) is 0 Å². The average Bonchev–Trinajstić information content (AvgIpc) is 2.63. The van der Waals surface area contributed by atoms with Crippen LogP contribution in [0, 0.1) is 20.8 Å². The van der Waals surface area contributed by atoms with Crippen molar-refractivity contribution in [2.45, 2.75) is 32.9 Å². The molecule has 0 radical (unpaired) electrons. The summed E-state index contributed by atoms with van der Waals surface area (Å²) in [6, 6.07) is 2.14. The molecule has 0 saturated heterocycles. The highest BCUT2D eigenvalue weighted by atomic mass is 127. The summed E-state index contributed by atoms with van der Waals surface area (Å²) < 4.78 is 2.53. The first-order valence-corrected chi connectivity index (χ1v) is 6.35. The minimum atomic E-state index is -0.836. The fraction of sp³-hybridized carbons (Fsp3) is 0.545. The lowest BCUT2D eigenvalue weighted by Gasteiger charge is -2.27. The zero-order valence-corrected chi connectivity index (χ0v) is 12.2. The Morgan fingerprint density at radius 3 is 2.82 bits per heavy atom. The van der Waals surface area contributed by atoms with Gasteiger partial charge in [-0.15, -0.1) is 0 Å². The Labute approximate surface area is 114 Å². The van der Waals surface area contributed by atoms with Crippen molar-refractivity contribution in [2.24, 2.45) is 5.92 Å². The molecule has 92 valence electrons. The number of hydrogen-bond acceptors (Lipinski definition) is 3. The minimum absolute atomic E-state index is 0.0502. The van der Waals surface area contributed by atoms with Crippen molar-refractivity contribution in [3.63, 3.8) is 0 Å². The van der Waals surface area contributed by atoms with E-state index < -0.39 is 5.54 Å². The second-order valence-corrected chi connectivity index (χ2v) is 5.62. The van der Waals surface area contributed by atoms with E-state index in [1.165, 1.54) is 0 Å². The highest BCUT2D eigenvalue weighted by molar-refractivity contribution is 14.1. The number of rotatable bonds is 4. The molecule has 1 atom stereocenters. The minimum Gasteiger partial charge on any atom is -0.336 e. The van der Waals surface area contributed by atoms with Gasteiger partial charge < -0.3 is 5.32 Å². The van der Waals surface area contributed by atoms with Crippen molar-refractivity contribution in [3.05, 3.63) is 16.0 Å². The number of nitriles is 1. The van der Waals surface area contributed by atoms with Crippen LogP contribution in [-0.2, 0) is 11.3 Å². The molecule has 1 rings (SSSR count). The SMILES string of the molecule is CC(C)[C@@](C)(C#N)NC(=O)Cn1cc(I)cn1. The summed E-state index contributed by atoms with van der Waals surface area (Å²) in [6.45, 7) is 5.66. The van der Waals surface area contributed by atoms with E-state index in [-0.39, 0.29) is 18.4 Å². The molecule has 0 aliphatic rings. The van der Waals surface area contributed by atoms with Gasteiger partial charge in [-0.05, 0) is 35.4 Å². The molecule has 1 N–H and O–H groups in total. The van der Waals surface area contributed by atoms with Crippen LogP contribution in [0.4, 0.5) is 0 Å². The quantitative estimate of drug-likeness (QED) is 0.841. The summed E-state index contributed by atoms with van der Waals surface area (Å²) in [6.07, 6.45) is 3.46. The summed E-state index contributed by atoms with van der Waals surface area (Å²) in [5.41, 5.74) is -0.836. The van der Waals surface area contributed by atoms with Crippen LogP contribution in [0.3, 0.4) is 0 Å². The molecular weight excluding hydrogens is 331 g/mol. The third-order valence-corrected chi connectivity index (χ3v) is 3.25. The van der Waals surface area contributed by atoms with Gasteiger partial charge in [0.1, 0.15) is 12.1 Å². The van der Waals surface area contributed by atoms with Crippen LogP contribution in [-0.4, -0.2) is 21.2 Å². The monoisotopic (exact) mass is 346 g/mol. The summed E-state index contributed by atoms with van der Waals surface area (Å²) in [7, 11) is 0. The first-order chi connectivity index (χ1) is 7.87. The van der Waals surface area contributed by atoms with Crippen molar-refractivity contribution < 1.29 is 4.79 Å². The average molecular weight is 346 g/mol. The van der Waals surface area contributed by atoms with Gasteiger partial charge in [0, 0.05) is 6.20 Å². The number of amides is 1. The normalized spacial score (nSPS) is 14.1. The lowest BCUT2D eigenvalue weighted by atomic mass is 9.90. The smallest absolute Gasteiger partial charge is 0.242 e. The predicted molar refractivity (Wildman–Crippen MR) is 71.9 cm³/mol. The van der Waals surface area contributed by atoms with Crippen molar-refractivity contribution in [2.75, 3.05) is 0 Å². The van der Waals surface area contributed by atoms with Gasteiger partial charge in [-0.2, -0.15) is 10.4 Å². The highest BCUT2D eigenvalue weighted by Crippen LogP contribution is 2.14. The molecule has 0 saturated carbocycles. The fourth-order valence-corrected chi connectivity index (χ4v) is 1.65. The molecular formula is C11H15IN4O. The third-order valence-electron chi connectivity index (χ3n) is 2.69. The van der Waals surface area contributed by atoms with E-state index >= 15 is 0 Å². The molecule has 1 aromatic heterocycles. The maximum absolute atomic E-state index is 11.8. The number of nitrogens with zero attached hydrogens (tertiary/aromatic N) is 3. The third kappa shape index (κ3) is 3.70. The van der Waals surface area contributed by atoms with Crippen LogP contribution in [0.5, 0.6) is 0 Å². The number of carbonyl (C=O) groups excluding carboxylic acids is 1. The van der Waals surface area contributed by atoms with Crippen LogP contribution in [0.25, 0.3) is 0 Å². The molecule has 0 bridgehead atoms. The van der Waals surface area contributed by atoms with Gasteiger partial charge in [0.05, 0.1) is 15.8 Å². The lowest BCUT2D eigenvalue weighted by Crippen LogP contribution is -2.49. The summed E-state index contributed by atoms with van der Waals surface area (Å²) >= 11 is 2.13. The Hall–Kier alpha value is -1.10. The summed E-state index contributed by atoms with van der Waals surface area (Å²) in [5, 5.41) is 15.8.